The van der Waals surface area contributed by atoms with Crippen molar-refractivity contribution in [2.75, 3.05) is 13.2 Å². The normalized spacial score (nSPS) is 18.4. The summed E-state index contributed by atoms with van der Waals surface area (Å²) in [5.41, 5.74) is 1.83. The first-order chi connectivity index (χ1) is 12.3. The summed E-state index contributed by atoms with van der Waals surface area (Å²) in [6, 6.07) is 5.45. The third-order valence-corrected chi connectivity index (χ3v) is 4.26. The summed E-state index contributed by atoms with van der Waals surface area (Å²) in [6.07, 6.45) is 0. The number of urea groups is 1. The quantitative estimate of drug-likeness (QED) is 0.651. The van der Waals surface area contributed by atoms with Gasteiger partial charge in [0, 0.05) is 18.3 Å². The number of halogens is 1. The largest absolute Gasteiger partial charge is 0.463 e. The van der Waals surface area contributed by atoms with Crippen LogP contribution in [0.3, 0.4) is 0 Å². The molecule has 1 heterocycles. The smallest absolute Gasteiger partial charge is 0.337 e. The highest BCUT2D eigenvalue weighted by atomic mass is 19.1. The van der Waals surface area contributed by atoms with E-state index in [1.807, 2.05) is 13.8 Å². The van der Waals surface area contributed by atoms with Crippen LogP contribution in [0.1, 0.15) is 39.3 Å². The van der Waals surface area contributed by atoms with Gasteiger partial charge < -0.3 is 20.7 Å². The number of benzene rings is 1. The highest BCUT2D eigenvalue weighted by molar-refractivity contribution is 5.94. The summed E-state index contributed by atoms with van der Waals surface area (Å²) < 4.78 is 18.3. The number of rotatable bonds is 7. The Balaban J connectivity index is 2.23. The maximum atomic E-state index is 13.2. The predicted octanol–water partition coefficient (Wildman–Crippen LogP) is 2.63. The Morgan fingerprint density at radius 2 is 1.96 bits per heavy atom. The zero-order chi connectivity index (χ0) is 19.3. The molecule has 1 aliphatic heterocycles. The van der Waals surface area contributed by atoms with E-state index in [1.54, 1.807) is 26.0 Å². The molecular weight excluding hydrogens is 337 g/mol. The fourth-order valence-electron chi connectivity index (χ4n) is 3.04. The highest BCUT2D eigenvalue weighted by Crippen LogP contribution is 2.23. The van der Waals surface area contributed by atoms with Crippen LogP contribution >= 0.6 is 0 Å². The molecule has 0 aliphatic carbocycles. The molecule has 2 amide bonds. The summed E-state index contributed by atoms with van der Waals surface area (Å²) in [7, 11) is 0. The Kier molecular flexibility index (Phi) is 6.74. The topological polar surface area (TPSA) is 79.5 Å². The molecule has 0 fully saturated rings. The van der Waals surface area contributed by atoms with Crippen molar-refractivity contribution in [2.24, 2.45) is 5.92 Å². The molecule has 0 aromatic heterocycles. The first kappa shape index (κ1) is 19.9. The van der Waals surface area contributed by atoms with Crippen molar-refractivity contribution in [3.8, 4) is 0 Å². The minimum atomic E-state index is -0.452. The van der Waals surface area contributed by atoms with E-state index in [9.17, 15) is 14.0 Å². The van der Waals surface area contributed by atoms with Gasteiger partial charge in [0.05, 0.1) is 18.2 Å². The molecule has 0 saturated heterocycles. The lowest BCUT2D eigenvalue weighted by atomic mass is 9.95. The second kappa shape index (κ2) is 8.80. The van der Waals surface area contributed by atoms with Crippen molar-refractivity contribution in [1.82, 2.24) is 16.0 Å². The molecule has 1 aromatic carbocycles. The molecule has 0 saturated carbocycles. The number of esters is 1. The number of nitrogens with one attached hydrogen (secondary N) is 3. The Hall–Kier alpha value is -2.41. The molecule has 6 nitrogen and oxygen atoms in total. The second-order valence-electron chi connectivity index (χ2n) is 6.59. The molecule has 0 bridgehead atoms. The first-order valence-corrected chi connectivity index (χ1v) is 8.80. The molecule has 2 rings (SSSR count). The van der Waals surface area contributed by atoms with Crippen molar-refractivity contribution >= 4 is 12.0 Å². The van der Waals surface area contributed by atoms with Gasteiger partial charge in [-0.1, -0.05) is 26.0 Å². The number of hydrogen-bond donors (Lipinski definition) is 3. The lowest BCUT2D eigenvalue weighted by Gasteiger charge is -2.29. The van der Waals surface area contributed by atoms with Crippen LogP contribution in [0, 0.1) is 11.7 Å². The van der Waals surface area contributed by atoms with Crippen LogP contribution in [0.15, 0.2) is 35.5 Å². The van der Waals surface area contributed by atoms with Gasteiger partial charge in [0.15, 0.2) is 0 Å². The predicted molar refractivity (Wildman–Crippen MR) is 96.8 cm³/mol. The zero-order valence-corrected chi connectivity index (χ0v) is 15.6. The minimum Gasteiger partial charge on any atom is -0.463 e. The minimum absolute atomic E-state index is 0.0614. The summed E-state index contributed by atoms with van der Waals surface area (Å²) in [5.74, 6) is -0.517. The van der Waals surface area contributed by atoms with E-state index in [2.05, 4.69) is 16.0 Å². The maximum absolute atomic E-state index is 13.2. The van der Waals surface area contributed by atoms with Gasteiger partial charge in [-0.3, -0.25) is 0 Å². The molecule has 1 aliphatic rings. The molecule has 0 unspecified atom stereocenters. The third kappa shape index (κ3) is 4.82. The van der Waals surface area contributed by atoms with Gasteiger partial charge >= 0.3 is 12.0 Å². The van der Waals surface area contributed by atoms with Gasteiger partial charge in [-0.25, -0.2) is 14.0 Å². The van der Waals surface area contributed by atoms with Crippen molar-refractivity contribution in [2.45, 2.75) is 39.8 Å². The number of amides is 2. The summed E-state index contributed by atoms with van der Waals surface area (Å²) in [5, 5.41) is 8.73. The highest BCUT2D eigenvalue weighted by Gasteiger charge is 2.30. The van der Waals surface area contributed by atoms with Crippen LogP contribution in [0.2, 0.25) is 0 Å². The fourth-order valence-corrected chi connectivity index (χ4v) is 3.04. The van der Waals surface area contributed by atoms with Crippen molar-refractivity contribution in [3.05, 3.63) is 46.9 Å². The Labute approximate surface area is 153 Å². The van der Waals surface area contributed by atoms with Gasteiger partial charge in [0.25, 0.3) is 0 Å². The Bertz CT molecular complexity index is 686. The van der Waals surface area contributed by atoms with Crippen molar-refractivity contribution in [1.29, 1.82) is 0 Å². The van der Waals surface area contributed by atoms with Crippen molar-refractivity contribution in [3.63, 3.8) is 0 Å². The van der Waals surface area contributed by atoms with E-state index in [1.165, 1.54) is 12.1 Å². The van der Waals surface area contributed by atoms with Crippen LogP contribution in [0.25, 0.3) is 0 Å². The van der Waals surface area contributed by atoms with Gasteiger partial charge in [-0.05, 0) is 37.5 Å². The second-order valence-corrected chi connectivity index (χ2v) is 6.59. The van der Waals surface area contributed by atoms with E-state index in [0.717, 1.165) is 5.56 Å². The molecule has 0 spiro atoms. The van der Waals surface area contributed by atoms with Gasteiger partial charge in [-0.2, -0.15) is 0 Å². The molecule has 7 heteroatoms. The standard InChI is InChI=1S/C19H26FN3O3/c1-5-26-18(24)16-12(4)22-19(25)23-15(16)10-21-17(11(2)3)13-6-8-14(20)9-7-13/h6-9,11-12,17,21H,5,10H2,1-4H3,(H2,22,23,25)/t12-,17-/m0/s1. The fraction of sp³-hybridized carbons (Fsp3) is 0.474. The number of hydrogen-bond acceptors (Lipinski definition) is 4. The van der Waals surface area contributed by atoms with Crippen molar-refractivity contribution < 1.29 is 18.7 Å². The maximum Gasteiger partial charge on any atom is 0.337 e. The van der Waals surface area contributed by atoms with Crippen LogP contribution < -0.4 is 16.0 Å². The van der Waals surface area contributed by atoms with Crippen LogP contribution in [-0.2, 0) is 9.53 Å². The molecular formula is C19H26FN3O3. The molecule has 3 N–H and O–H groups in total. The summed E-state index contributed by atoms with van der Waals surface area (Å²) in [6.45, 7) is 8.11. The van der Waals surface area contributed by atoms with Crippen LogP contribution in [0.4, 0.5) is 9.18 Å². The van der Waals surface area contributed by atoms with Gasteiger partial charge in [-0.15, -0.1) is 0 Å². The van der Waals surface area contributed by atoms with E-state index in [-0.39, 0.29) is 37.0 Å². The first-order valence-electron chi connectivity index (χ1n) is 8.80. The molecule has 0 radical (unpaired) electrons. The van der Waals surface area contributed by atoms with E-state index in [4.69, 9.17) is 4.74 Å². The van der Waals surface area contributed by atoms with E-state index >= 15 is 0 Å². The van der Waals surface area contributed by atoms with Crippen LogP contribution in [-0.4, -0.2) is 31.2 Å². The average Bonchev–Trinajstić information content (AvgIpc) is 2.56. The van der Waals surface area contributed by atoms with Gasteiger partial charge in [0.2, 0.25) is 0 Å². The Morgan fingerprint density at radius 3 is 2.54 bits per heavy atom. The average molecular weight is 363 g/mol. The van der Waals surface area contributed by atoms with E-state index in [0.29, 0.717) is 11.3 Å². The molecule has 1 aromatic rings. The Morgan fingerprint density at radius 1 is 1.31 bits per heavy atom. The monoisotopic (exact) mass is 363 g/mol. The van der Waals surface area contributed by atoms with Crippen LogP contribution in [0.5, 0.6) is 0 Å². The lowest BCUT2D eigenvalue weighted by Crippen LogP contribution is -2.51. The lowest BCUT2D eigenvalue weighted by molar-refractivity contribution is -0.139. The number of carbonyl (C=O) groups is 2. The number of carbonyl (C=O) groups excluding carboxylic acids is 2. The summed E-state index contributed by atoms with van der Waals surface area (Å²) >= 11 is 0. The SMILES string of the molecule is CCOC(=O)C1=C(CN[C@H](c2ccc(F)cc2)C(C)C)NC(=O)N[C@H]1C. The third-order valence-electron chi connectivity index (χ3n) is 4.26. The zero-order valence-electron chi connectivity index (χ0n) is 15.6. The van der Waals surface area contributed by atoms with E-state index < -0.39 is 12.0 Å². The summed E-state index contributed by atoms with van der Waals surface area (Å²) in [4.78, 5) is 24.1. The molecule has 142 valence electrons. The molecule has 26 heavy (non-hydrogen) atoms. The molecule has 2 atom stereocenters. The number of ether oxygens (including phenoxy) is 1. The van der Waals surface area contributed by atoms with Gasteiger partial charge in [0.1, 0.15) is 5.82 Å².